The summed E-state index contributed by atoms with van der Waals surface area (Å²) < 4.78 is 0. The lowest BCUT2D eigenvalue weighted by Gasteiger charge is -2.39. The average Bonchev–Trinajstić information content (AvgIpc) is 2.48. The molecule has 21 heavy (non-hydrogen) atoms. The molecule has 2 heterocycles. The molecule has 0 unspecified atom stereocenters. The van der Waals surface area contributed by atoms with E-state index in [0.29, 0.717) is 11.3 Å². The van der Waals surface area contributed by atoms with Gasteiger partial charge < -0.3 is 10.2 Å². The minimum Gasteiger partial charge on any atom is -0.355 e. The summed E-state index contributed by atoms with van der Waals surface area (Å²) in [5, 5.41) is 3.43. The van der Waals surface area contributed by atoms with E-state index in [1.807, 2.05) is 12.4 Å². The number of rotatable bonds is 6. The normalized spacial score (nSPS) is 18.2. The minimum atomic E-state index is 0.514. The van der Waals surface area contributed by atoms with E-state index >= 15 is 0 Å². The van der Waals surface area contributed by atoms with E-state index in [2.05, 4.69) is 42.9 Å². The molecule has 1 fully saturated rings. The summed E-state index contributed by atoms with van der Waals surface area (Å²) in [6.07, 6.45) is 7.55. The summed E-state index contributed by atoms with van der Waals surface area (Å²) in [6, 6.07) is 0. The lowest BCUT2D eigenvalue weighted by atomic mass is 9.78. The maximum Gasteiger partial charge on any atom is 0.147 e. The predicted octanol–water partition coefficient (Wildman–Crippen LogP) is 3.24. The van der Waals surface area contributed by atoms with Gasteiger partial charge in [0.2, 0.25) is 0 Å². The van der Waals surface area contributed by atoms with Gasteiger partial charge in [0.25, 0.3) is 0 Å². The van der Waals surface area contributed by atoms with Gasteiger partial charge in [-0.2, -0.15) is 0 Å². The van der Waals surface area contributed by atoms with E-state index in [-0.39, 0.29) is 0 Å². The summed E-state index contributed by atoms with van der Waals surface area (Å²) in [4.78, 5) is 11.5. The fraction of sp³-hybridized carbons (Fsp3) is 0.765. The van der Waals surface area contributed by atoms with Gasteiger partial charge in [0, 0.05) is 25.8 Å². The molecule has 0 saturated carbocycles. The van der Waals surface area contributed by atoms with Crippen LogP contribution in [0.4, 0.5) is 5.82 Å². The van der Waals surface area contributed by atoms with E-state index < -0.39 is 0 Å². The third kappa shape index (κ3) is 4.67. The largest absolute Gasteiger partial charge is 0.355 e. The number of hydrogen-bond donors (Lipinski definition) is 1. The Labute approximate surface area is 129 Å². The minimum absolute atomic E-state index is 0.514. The van der Waals surface area contributed by atoms with Gasteiger partial charge in [-0.3, -0.25) is 4.98 Å². The maximum absolute atomic E-state index is 4.77. The van der Waals surface area contributed by atoms with Crippen LogP contribution in [0.3, 0.4) is 0 Å². The van der Waals surface area contributed by atoms with Crippen molar-refractivity contribution in [1.29, 1.82) is 0 Å². The molecule has 0 aromatic carbocycles. The van der Waals surface area contributed by atoms with Gasteiger partial charge >= 0.3 is 0 Å². The van der Waals surface area contributed by atoms with Crippen LogP contribution >= 0.6 is 0 Å². The zero-order valence-electron chi connectivity index (χ0n) is 14.0. The Hall–Kier alpha value is -1.16. The van der Waals surface area contributed by atoms with Gasteiger partial charge in [-0.15, -0.1) is 0 Å². The molecule has 1 aromatic rings. The first-order valence-electron chi connectivity index (χ1n) is 8.29. The van der Waals surface area contributed by atoms with Crippen LogP contribution in [0.15, 0.2) is 12.4 Å². The zero-order valence-corrected chi connectivity index (χ0v) is 14.0. The average molecular weight is 290 g/mol. The van der Waals surface area contributed by atoms with Crippen molar-refractivity contribution >= 4 is 5.82 Å². The second-order valence-electron chi connectivity index (χ2n) is 7.04. The van der Waals surface area contributed by atoms with E-state index in [1.165, 1.54) is 19.3 Å². The fourth-order valence-corrected chi connectivity index (χ4v) is 2.75. The highest BCUT2D eigenvalue weighted by Gasteiger charge is 2.28. The molecule has 1 saturated heterocycles. The van der Waals surface area contributed by atoms with Crippen molar-refractivity contribution in [3.8, 4) is 0 Å². The zero-order chi connectivity index (χ0) is 15.3. The van der Waals surface area contributed by atoms with E-state index in [1.54, 1.807) is 0 Å². The molecular formula is C17H30N4. The van der Waals surface area contributed by atoms with Crippen LogP contribution in [0.2, 0.25) is 0 Å². The molecule has 118 valence electrons. The number of hydrogen-bond acceptors (Lipinski definition) is 4. The molecule has 2 rings (SSSR count). The van der Waals surface area contributed by atoms with Gasteiger partial charge in [0.1, 0.15) is 5.82 Å². The molecule has 0 spiro atoms. The molecule has 1 aromatic heterocycles. The Kier molecular flexibility index (Phi) is 5.57. The van der Waals surface area contributed by atoms with Crippen LogP contribution in [0.1, 0.15) is 52.7 Å². The Morgan fingerprint density at radius 1 is 1.29 bits per heavy atom. The lowest BCUT2D eigenvalue weighted by Crippen LogP contribution is -2.39. The van der Waals surface area contributed by atoms with Crippen LogP contribution in [-0.2, 0) is 6.54 Å². The second-order valence-corrected chi connectivity index (χ2v) is 7.04. The van der Waals surface area contributed by atoms with Crippen molar-refractivity contribution in [1.82, 2.24) is 15.3 Å². The van der Waals surface area contributed by atoms with Gasteiger partial charge in [-0.1, -0.05) is 34.1 Å². The Morgan fingerprint density at radius 2 is 2.00 bits per heavy atom. The number of nitrogens with one attached hydrogen (secondary N) is 1. The van der Waals surface area contributed by atoms with Crippen LogP contribution < -0.4 is 10.2 Å². The highest BCUT2D eigenvalue weighted by atomic mass is 15.2. The quantitative estimate of drug-likeness (QED) is 0.873. The highest BCUT2D eigenvalue weighted by Crippen LogP contribution is 2.34. The first-order valence-corrected chi connectivity index (χ1v) is 8.29. The molecule has 4 heteroatoms. The predicted molar refractivity (Wildman–Crippen MR) is 88.4 cm³/mol. The molecule has 0 amide bonds. The van der Waals surface area contributed by atoms with Gasteiger partial charge in [-0.05, 0) is 30.7 Å². The molecule has 1 aliphatic rings. The summed E-state index contributed by atoms with van der Waals surface area (Å²) in [7, 11) is 0. The first-order chi connectivity index (χ1) is 10.0. The number of piperidine rings is 1. The summed E-state index contributed by atoms with van der Waals surface area (Å²) >= 11 is 0. The standard InChI is InChI=1S/C17H30N4/c1-5-17(4)6-8-21(9-7-17)16-13-19-12-15(20-16)11-18-10-14(2)3/h12-14,18H,5-11H2,1-4H3. The molecule has 0 radical (unpaired) electrons. The smallest absolute Gasteiger partial charge is 0.147 e. The van der Waals surface area contributed by atoms with Gasteiger partial charge in [0.15, 0.2) is 0 Å². The molecule has 1 N–H and O–H groups in total. The van der Waals surface area contributed by atoms with Crippen molar-refractivity contribution < 1.29 is 0 Å². The van der Waals surface area contributed by atoms with Crippen LogP contribution in [0.5, 0.6) is 0 Å². The Balaban J connectivity index is 1.92. The lowest BCUT2D eigenvalue weighted by molar-refractivity contribution is 0.237. The molecule has 0 atom stereocenters. The van der Waals surface area contributed by atoms with Crippen molar-refractivity contribution in [3.63, 3.8) is 0 Å². The SMILES string of the molecule is CCC1(C)CCN(c2cncc(CNCC(C)C)n2)CC1. The number of aromatic nitrogens is 2. The summed E-state index contributed by atoms with van der Waals surface area (Å²) in [5.74, 6) is 1.70. The molecule has 0 bridgehead atoms. The third-order valence-electron chi connectivity index (χ3n) is 4.68. The molecular weight excluding hydrogens is 260 g/mol. The van der Waals surface area contributed by atoms with Crippen LogP contribution in [0.25, 0.3) is 0 Å². The van der Waals surface area contributed by atoms with E-state index in [4.69, 9.17) is 4.98 Å². The highest BCUT2D eigenvalue weighted by molar-refractivity contribution is 5.37. The van der Waals surface area contributed by atoms with E-state index in [0.717, 1.165) is 37.7 Å². The molecule has 4 nitrogen and oxygen atoms in total. The molecule has 1 aliphatic heterocycles. The monoisotopic (exact) mass is 290 g/mol. The third-order valence-corrected chi connectivity index (χ3v) is 4.68. The fourth-order valence-electron chi connectivity index (χ4n) is 2.75. The van der Waals surface area contributed by atoms with Gasteiger partial charge in [0.05, 0.1) is 11.9 Å². The second kappa shape index (κ2) is 7.21. The topological polar surface area (TPSA) is 41.1 Å². The number of nitrogens with zero attached hydrogens (tertiary/aromatic N) is 3. The Morgan fingerprint density at radius 3 is 2.62 bits per heavy atom. The number of anilines is 1. The van der Waals surface area contributed by atoms with Crippen LogP contribution in [0, 0.1) is 11.3 Å². The Bertz CT molecular complexity index is 436. The summed E-state index contributed by atoms with van der Waals surface area (Å²) in [5.41, 5.74) is 1.55. The van der Waals surface area contributed by atoms with Crippen LogP contribution in [-0.4, -0.2) is 29.6 Å². The van der Waals surface area contributed by atoms with Gasteiger partial charge in [-0.25, -0.2) is 4.98 Å². The van der Waals surface area contributed by atoms with Crippen molar-refractivity contribution in [2.45, 2.75) is 53.5 Å². The van der Waals surface area contributed by atoms with Crippen molar-refractivity contribution in [2.24, 2.45) is 11.3 Å². The van der Waals surface area contributed by atoms with E-state index in [9.17, 15) is 0 Å². The van der Waals surface area contributed by atoms with Crippen molar-refractivity contribution in [3.05, 3.63) is 18.1 Å². The summed E-state index contributed by atoms with van der Waals surface area (Å²) in [6.45, 7) is 13.2. The maximum atomic E-state index is 4.77. The van der Waals surface area contributed by atoms with Crippen molar-refractivity contribution in [2.75, 3.05) is 24.5 Å². The first kappa shape index (κ1) is 16.2. The molecule has 0 aliphatic carbocycles.